The van der Waals surface area contributed by atoms with Crippen LogP contribution in [0, 0.1) is 10.5 Å². The van der Waals surface area contributed by atoms with Crippen LogP contribution in [0.2, 0.25) is 0 Å². The molecule has 0 aliphatic carbocycles. The molecular formula is C15H13Br2I. The summed E-state index contributed by atoms with van der Waals surface area (Å²) in [6.07, 6.45) is 1.01. The average molecular weight is 480 g/mol. The molecule has 1 unspecified atom stereocenters. The van der Waals surface area contributed by atoms with Crippen LogP contribution in [0.1, 0.15) is 21.5 Å². The number of alkyl halides is 1. The van der Waals surface area contributed by atoms with Crippen LogP contribution < -0.4 is 0 Å². The highest BCUT2D eigenvalue weighted by atomic mass is 127. The molecule has 18 heavy (non-hydrogen) atoms. The van der Waals surface area contributed by atoms with Crippen molar-refractivity contribution in [3.8, 4) is 0 Å². The fraction of sp³-hybridized carbons (Fsp3) is 0.200. The maximum absolute atomic E-state index is 3.81. The van der Waals surface area contributed by atoms with E-state index in [4.69, 9.17) is 0 Å². The van der Waals surface area contributed by atoms with Crippen LogP contribution in [0.3, 0.4) is 0 Å². The van der Waals surface area contributed by atoms with Gasteiger partial charge in [-0.25, -0.2) is 0 Å². The van der Waals surface area contributed by atoms with Crippen molar-refractivity contribution >= 4 is 54.5 Å². The molecular weight excluding hydrogens is 467 g/mol. The van der Waals surface area contributed by atoms with E-state index in [1.54, 1.807) is 0 Å². The lowest BCUT2D eigenvalue weighted by molar-refractivity contribution is 0.940. The van der Waals surface area contributed by atoms with Crippen molar-refractivity contribution in [2.24, 2.45) is 0 Å². The number of halogens is 3. The molecule has 0 heterocycles. The second kappa shape index (κ2) is 6.53. The van der Waals surface area contributed by atoms with Gasteiger partial charge in [-0.2, -0.15) is 0 Å². The molecule has 2 aromatic carbocycles. The van der Waals surface area contributed by atoms with E-state index in [0.717, 1.165) is 10.9 Å². The van der Waals surface area contributed by atoms with Gasteiger partial charge in [-0.15, -0.1) is 0 Å². The van der Waals surface area contributed by atoms with Gasteiger partial charge in [0.2, 0.25) is 0 Å². The Labute approximate surface area is 139 Å². The molecule has 0 saturated heterocycles. The highest BCUT2D eigenvalue weighted by Gasteiger charge is 2.12. The predicted octanol–water partition coefficient (Wildman–Crippen LogP) is 6.04. The molecule has 0 aliphatic heterocycles. The molecule has 0 radical (unpaired) electrons. The molecule has 0 fully saturated rings. The van der Waals surface area contributed by atoms with Crippen molar-refractivity contribution in [1.29, 1.82) is 0 Å². The molecule has 0 amide bonds. The standard InChI is InChI=1S/C15H13Br2I/c1-10-3-2-4-11(7-10)8-14(17)13-9-12(16)5-6-15(13)18/h2-7,9,14H,8H2,1H3. The lowest BCUT2D eigenvalue weighted by Crippen LogP contribution is -1.98. The van der Waals surface area contributed by atoms with E-state index in [-0.39, 0.29) is 0 Å². The van der Waals surface area contributed by atoms with Gasteiger partial charge in [0.25, 0.3) is 0 Å². The summed E-state index contributed by atoms with van der Waals surface area (Å²) in [6, 6.07) is 15.1. The minimum absolute atomic E-state index is 0.351. The van der Waals surface area contributed by atoms with Gasteiger partial charge in [0, 0.05) is 12.9 Å². The van der Waals surface area contributed by atoms with Gasteiger partial charge in [0.1, 0.15) is 0 Å². The fourth-order valence-corrected chi connectivity index (χ4v) is 4.18. The van der Waals surface area contributed by atoms with Crippen LogP contribution in [-0.2, 0) is 6.42 Å². The average Bonchev–Trinajstić information content (AvgIpc) is 2.32. The Morgan fingerprint density at radius 2 is 1.94 bits per heavy atom. The van der Waals surface area contributed by atoms with E-state index in [1.807, 2.05) is 0 Å². The summed E-state index contributed by atoms with van der Waals surface area (Å²) in [5, 5.41) is 0. The Balaban J connectivity index is 2.21. The van der Waals surface area contributed by atoms with Crippen molar-refractivity contribution in [1.82, 2.24) is 0 Å². The Morgan fingerprint density at radius 1 is 1.17 bits per heavy atom. The number of hydrogen-bond donors (Lipinski definition) is 0. The molecule has 3 heteroatoms. The number of benzene rings is 2. The topological polar surface area (TPSA) is 0 Å². The SMILES string of the molecule is Cc1cccc(CC(Br)c2cc(Br)ccc2I)c1. The molecule has 1 atom stereocenters. The Bertz CT molecular complexity index is 552. The third kappa shape index (κ3) is 3.81. The van der Waals surface area contributed by atoms with Gasteiger partial charge in [-0.3, -0.25) is 0 Å². The van der Waals surface area contributed by atoms with Crippen molar-refractivity contribution in [2.75, 3.05) is 0 Å². The van der Waals surface area contributed by atoms with Crippen LogP contribution >= 0.6 is 54.5 Å². The lowest BCUT2D eigenvalue weighted by Gasteiger charge is -2.13. The van der Waals surface area contributed by atoms with E-state index in [9.17, 15) is 0 Å². The van der Waals surface area contributed by atoms with Crippen molar-refractivity contribution < 1.29 is 0 Å². The van der Waals surface area contributed by atoms with Crippen LogP contribution in [0.5, 0.6) is 0 Å². The second-order valence-corrected chi connectivity index (χ2v) is 7.51. The summed E-state index contributed by atoms with van der Waals surface area (Å²) in [5.74, 6) is 0. The Morgan fingerprint density at radius 3 is 2.67 bits per heavy atom. The first-order valence-corrected chi connectivity index (χ1v) is 8.49. The van der Waals surface area contributed by atoms with Crippen LogP contribution in [0.25, 0.3) is 0 Å². The Hall–Kier alpha value is 0.130. The van der Waals surface area contributed by atoms with Gasteiger partial charge < -0.3 is 0 Å². The number of rotatable bonds is 3. The van der Waals surface area contributed by atoms with Crippen LogP contribution in [0.4, 0.5) is 0 Å². The first-order chi connectivity index (χ1) is 8.56. The molecule has 0 bridgehead atoms. The van der Waals surface area contributed by atoms with Crippen LogP contribution in [0.15, 0.2) is 46.9 Å². The molecule has 2 rings (SSSR count). The van der Waals surface area contributed by atoms with Crippen LogP contribution in [-0.4, -0.2) is 0 Å². The zero-order valence-corrected chi connectivity index (χ0v) is 15.3. The minimum Gasteiger partial charge on any atom is -0.0835 e. The molecule has 0 spiro atoms. The summed E-state index contributed by atoms with van der Waals surface area (Å²) in [4.78, 5) is 0.351. The highest BCUT2D eigenvalue weighted by Crippen LogP contribution is 2.32. The van der Waals surface area contributed by atoms with Gasteiger partial charge in [-0.05, 0) is 65.3 Å². The molecule has 0 aromatic heterocycles. The maximum atomic E-state index is 3.81. The van der Waals surface area contributed by atoms with Gasteiger partial charge in [0.15, 0.2) is 0 Å². The largest absolute Gasteiger partial charge is 0.0835 e. The molecule has 0 N–H and O–H groups in total. The third-order valence-corrected chi connectivity index (χ3v) is 5.09. The molecule has 0 aliphatic rings. The quantitative estimate of drug-likeness (QED) is 0.372. The van der Waals surface area contributed by atoms with Crippen molar-refractivity contribution in [3.05, 3.63) is 67.2 Å². The van der Waals surface area contributed by atoms with E-state index in [1.165, 1.54) is 20.3 Å². The third-order valence-electron chi connectivity index (χ3n) is 2.79. The summed E-state index contributed by atoms with van der Waals surface area (Å²) in [5.41, 5.74) is 4.02. The van der Waals surface area contributed by atoms with E-state index in [0.29, 0.717) is 4.83 Å². The van der Waals surface area contributed by atoms with Gasteiger partial charge >= 0.3 is 0 Å². The Kier molecular flexibility index (Phi) is 5.27. The molecule has 0 nitrogen and oxygen atoms in total. The fourth-order valence-electron chi connectivity index (χ4n) is 1.91. The lowest BCUT2D eigenvalue weighted by atomic mass is 10.0. The molecule has 2 aromatic rings. The predicted molar refractivity (Wildman–Crippen MR) is 93.4 cm³/mol. The zero-order chi connectivity index (χ0) is 13.1. The minimum atomic E-state index is 0.351. The monoisotopic (exact) mass is 478 g/mol. The van der Waals surface area contributed by atoms with Crippen molar-refractivity contribution in [2.45, 2.75) is 18.2 Å². The van der Waals surface area contributed by atoms with Gasteiger partial charge in [-0.1, -0.05) is 61.7 Å². The first kappa shape index (κ1) is 14.5. The second-order valence-electron chi connectivity index (χ2n) is 4.33. The summed E-state index contributed by atoms with van der Waals surface area (Å²) >= 11 is 9.73. The summed E-state index contributed by atoms with van der Waals surface area (Å²) < 4.78 is 2.43. The van der Waals surface area contributed by atoms with E-state index in [2.05, 4.69) is 104 Å². The highest BCUT2D eigenvalue weighted by molar-refractivity contribution is 14.1. The number of aryl methyl sites for hydroxylation is 1. The first-order valence-electron chi connectivity index (χ1n) is 5.71. The smallest absolute Gasteiger partial charge is 0.0446 e. The summed E-state index contributed by atoms with van der Waals surface area (Å²) in [7, 11) is 0. The number of hydrogen-bond acceptors (Lipinski definition) is 0. The normalized spacial score (nSPS) is 12.4. The van der Waals surface area contributed by atoms with E-state index >= 15 is 0 Å². The molecule has 0 saturated carbocycles. The molecule has 94 valence electrons. The van der Waals surface area contributed by atoms with Crippen molar-refractivity contribution in [3.63, 3.8) is 0 Å². The van der Waals surface area contributed by atoms with Gasteiger partial charge in [0.05, 0.1) is 0 Å². The summed E-state index contributed by atoms with van der Waals surface area (Å²) in [6.45, 7) is 2.13. The zero-order valence-electron chi connectivity index (χ0n) is 9.96. The van der Waals surface area contributed by atoms with E-state index < -0.39 is 0 Å². The maximum Gasteiger partial charge on any atom is 0.0446 e.